The molecule has 0 radical (unpaired) electrons. The lowest BCUT2D eigenvalue weighted by Gasteiger charge is -2.33. The van der Waals surface area contributed by atoms with E-state index >= 15 is 0 Å². The summed E-state index contributed by atoms with van der Waals surface area (Å²) in [6, 6.07) is 5.56. The minimum atomic E-state index is 0.0355. The molecule has 7 heteroatoms. The van der Waals surface area contributed by atoms with E-state index < -0.39 is 0 Å². The van der Waals surface area contributed by atoms with Crippen molar-refractivity contribution in [2.75, 3.05) is 26.8 Å². The van der Waals surface area contributed by atoms with E-state index in [0.29, 0.717) is 37.2 Å². The first-order valence-electron chi connectivity index (χ1n) is 10.3. The summed E-state index contributed by atoms with van der Waals surface area (Å²) in [5.74, 6) is 2.66. The fraction of sp³-hybridized carbons (Fsp3) is 0.591. The van der Waals surface area contributed by atoms with E-state index in [1.807, 2.05) is 30.0 Å². The van der Waals surface area contributed by atoms with Gasteiger partial charge in [-0.15, -0.1) is 0 Å². The van der Waals surface area contributed by atoms with Crippen molar-refractivity contribution >= 4 is 5.91 Å². The van der Waals surface area contributed by atoms with Crippen molar-refractivity contribution in [3.63, 3.8) is 0 Å². The quantitative estimate of drug-likeness (QED) is 0.674. The Kier molecular flexibility index (Phi) is 7.25. The second kappa shape index (κ2) is 9.87. The Morgan fingerprint density at radius 1 is 1.38 bits per heavy atom. The lowest BCUT2D eigenvalue weighted by Crippen LogP contribution is -2.43. The smallest absolute Gasteiger partial charge is 0.254 e. The summed E-state index contributed by atoms with van der Waals surface area (Å²) in [6.45, 7) is 8.07. The van der Waals surface area contributed by atoms with Crippen LogP contribution in [0.5, 0.6) is 5.75 Å². The van der Waals surface area contributed by atoms with Crippen LogP contribution >= 0.6 is 0 Å². The molecular formula is C22H31N3O4. The number of aryl methyl sites for hydroxylation is 1. The maximum Gasteiger partial charge on any atom is 0.254 e. The van der Waals surface area contributed by atoms with Gasteiger partial charge in [-0.3, -0.25) is 4.79 Å². The number of piperidine rings is 1. The number of hydrogen-bond acceptors (Lipinski definition) is 6. The van der Waals surface area contributed by atoms with Crippen LogP contribution in [0.1, 0.15) is 54.3 Å². The molecule has 1 unspecified atom stereocenters. The molecule has 0 bridgehead atoms. The first-order valence-corrected chi connectivity index (χ1v) is 10.3. The first kappa shape index (κ1) is 21.3. The van der Waals surface area contributed by atoms with Crippen molar-refractivity contribution in [2.45, 2.75) is 52.6 Å². The van der Waals surface area contributed by atoms with Gasteiger partial charge in [-0.2, -0.15) is 4.98 Å². The Morgan fingerprint density at radius 3 is 2.93 bits per heavy atom. The number of carbonyl (C=O) groups excluding carboxylic acids is 1. The molecule has 0 aliphatic carbocycles. The second-order valence-corrected chi connectivity index (χ2v) is 8.02. The number of nitrogens with zero attached hydrogens (tertiary/aromatic N) is 3. The molecule has 1 saturated heterocycles. The molecule has 1 aliphatic rings. The summed E-state index contributed by atoms with van der Waals surface area (Å²) >= 11 is 0. The number of likely N-dealkylation sites (tertiary alicyclic amines) is 1. The highest BCUT2D eigenvalue weighted by molar-refractivity contribution is 5.95. The normalized spacial score (nSPS) is 17.0. The molecule has 1 aliphatic heterocycles. The van der Waals surface area contributed by atoms with Crippen LogP contribution in [0.25, 0.3) is 0 Å². The number of methoxy groups -OCH3 is 1. The number of carbonyl (C=O) groups is 1. The van der Waals surface area contributed by atoms with Gasteiger partial charge in [0.05, 0.1) is 19.8 Å². The molecule has 1 aromatic heterocycles. The molecule has 1 amide bonds. The molecule has 2 aromatic rings. The molecule has 1 aromatic carbocycles. The molecule has 158 valence electrons. The fourth-order valence-corrected chi connectivity index (χ4v) is 3.57. The van der Waals surface area contributed by atoms with E-state index in [4.69, 9.17) is 14.0 Å². The SMILES string of the molecule is COc1ccc(C(=O)N2CCCC(OCCc3noc(CC(C)C)n3)C2)c(C)c1. The van der Waals surface area contributed by atoms with Crippen molar-refractivity contribution < 1.29 is 18.8 Å². The number of hydrogen-bond donors (Lipinski definition) is 0. The molecule has 3 rings (SSSR count). The van der Waals surface area contributed by atoms with Gasteiger partial charge in [0, 0.05) is 31.5 Å². The average Bonchev–Trinajstić information content (AvgIpc) is 3.14. The van der Waals surface area contributed by atoms with Crippen molar-refractivity contribution in [1.82, 2.24) is 15.0 Å². The second-order valence-electron chi connectivity index (χ2n) is 8.02. The Bertz CT molecular complexity index is 818. The molecule has 0 N–H and O–H groups in total. The predicted molar refractivity (Wildman–Crippen MR) is 109 cm³/mol. The number of benzene rings is 1. The van der Waals surface area contributed by atoms with Gasteiger partial charge in [0.25, 0.3) is 5.91 Å². The van der Waals surface area contributed by atoms with Crippen LogP contribution in [0.3, 0.4) is 0 Å². The zero-order valence-electron chi connectivity index (χ0n) is 17.8. The summed E-state index contributed by atoms with van der Waals surface area (Å²) in [4.78, 5) is 19.2. The van der Waals surface area contributed by atoms with Crippen molar-refractivity contribution in [2.24, 2.45) is 5.92 Å². The fourth-order valence-electron chi connectivity index (χ4n) is 3.57. The number of aromatic nitrogens is 2. The maximum absolute atomic E-state index is 12.9. The Hall–Kier alpha value is -2.41. The van der Waals surface area contributed by atoms with E-state index in [1.54, 1.807) is 7.11 Å². The zero-order valence-corrected chi connectivity index (χ0v) is 17.8. The topological polar surface area (TPSA) is 77.7 Å². The van der Waals surface area contributed by atoms with Crippen LogP contribution in [-0.4, -0.2) is 53.9 Å². The standard InChI is InChI=1S/C22H31N3O4/c1-15(2)12-21-23-20(24-29-21)9-11-28-18-6-5-10-25(14-18)22(26)19-8-7-17(27-4)13-16(19)3/h7-8,13,15,18H,5-6,9-12,14H2,1-4H3. The zero-order chi connectivity index (χ0) is 20.8. The van der Waals surface area contributed by atoms with Crippen LogP contribution in [0.4, 0.5) is 0 Å². The largest absolute Gasteiger partial charge is 0.497 e. The number of ether oxygens (including phenoxy) is 2. The third-order valence-electron chi connectivity index (χ3n) is 5.10. The lowest BCUT2D eigenvalue weighted by molar-refractivity contribution is 0.00248. The van der Waals surface area contributed by atoms with Crippen LogP contribution in [0, 0.1) is 12.8 Å². The molecule has 2 heterocycles. The van der Waals surface area contributed by atoms with E-state index in [1.165, 1.54) is 0 Å². The molecule has 0 spiro atoms. The molecule has 0 saturated carbocycles. The minimum Gasteiger partial charge on any atom is -0.497 e. The van der Waals surface area contributed by atoms with Gasteiger partial charge in [-0.1, -0.05) is 19.0 Å². The molecular weight excluding hydrogens is 370 g/mol. The predicted octanol–water partition coefficient (Wildman–Crippen LogP) is 3.45. The Balaban J connectivity index is 1.50. The van der Waals surface area contributed by atoms with Crippen molar-refractivity contribution in [1.29, 1.82) is 0 Å². The van der Waals surface area contributed by atoms with Gasteiger partial charge in [-0.25, -0.2) is 0 Å². The highest BCUT2D eigenvalue weighted by Gasteiger charge is 2.26. The van der Waals surface area contributed by atoms with E-state index in [9.17, 15) is 4.79 Å². The van der Waals surface area contributed by atoms with Crippen LogP contribution in [-0.2, 0) is 17.6 Å². The summed E-state index contributed by atoms with van der Waals surface area (Å²) in [7, 11) is 1.63. The van der Waals surface area contributed by atoms with Crippen LogP contribution < -0.4 is 4.74 Å². The van der Waals surface area contributed by atoms with Gasteiger partial charge >= 0.3 is 0 Å². The number of rotatable bonds is 8. The first-order chi connectivity index (χ1) is 14.0. The van der Waals surface area contributed by atoms with Gasteiger partial charge in [-0.05, 0) is 49.4 Å². The van der Waals surface area contributed by atoms with E-state index in [-0.39, 0.29) is 12.0 Å². The average molecular weight is 402 g/mol. The van der Waals surface area contributed by atoms with Crippen molar-refractivity contribution in [3.05, 3.63) is 41.0 Å². The number of amides is 1. The third kappa shape index (κ3) is 5.79. The lowest BCUT2D eigenvalue weighted by atomic mass is 10.0. The van der Waals surface area contributed by atoms with Crippen molar-refractivity contribution in [3.8, 4) is 5.75 Å². The molecule has 1 fully saturated rings. The van der Waals surface area contributed by atoms with Crippen LogP contribution in [0.2, 0.25) is 0 Å². The molecule has 7 nitrogen and oxygen atoms in total. The third-order valence-corrected chi connectivity index (χ3v) is 5.10. The van der Waals surface area contributed by atoms with Gasteiger partial charge < -0.3 is 18.9 Å². The summed E-state index contributed by atoms with van der Waals surface area (Å²) in [5.41, 5.74) is 1.64. The van der Waals surface area contributed by atoms with Gasteiger partial charge in [0.1, 0.15) is 5.75 Å². The molecule has 1 atom stereocenters. The maximum atomic E-state index is 12.9. The van der Waals surface area contributed by atoms with Gasteiger partial charge in [0.15, 0.2) is 5.82 Å². The Labute approximate surface area is 172 Å². The van der Waals surface area contributed by atoms with Crippen LogP contribution in [0.15, 0.2) is 22.7 Å². The highest BCUT2D eigenvalue weighted by atomic mass is 16.5. The summed E-state index contributed by atoms with van der Waals surface area (Å²) in [5, 5.41) is 4.02. The van der Waals surface area contributed by atoms with E-state index in [0.717, 1.165) is 42.7 Å². The Morgan fingerprint density at radius 2 is 2.21 bits per heavy atom. The monoisotopic (exact) mass is 401 g/mol. The summed E-state index contributed by atoms with van der Waals surface area (Å²) < 4.78 is 16.5. The van der Waals surface area contributed by atoms with Gasteiger partial charge in [0.2, 0.25) is 5.89 Å². The highest BCUT2D eigenvalue weighted by Crippen LogP contribution is 2.21. The minimum absolute atomic E-state index is 0.0355. The molecule has 29 heavy (non-hydrogen) atoms. The van der Waals surface area contributed by atoms with E-state index in [2.05, 4.69) is 24.0 Å². The summed E-state index contributed by atoms with van der Waals surface area (Å²) in [6.07, 6.45) is 3.33.